The lowest BCUT2D eigenvalue weighted by atomic mass is 10.1. The minimum atomic E-state index is -0.275. The van der Waals surface area contributed by atoms with E-state index in [2.05, 4.69) is 31.9 Å². The molecule has 0 radical (unpaired) electrons. The van der Waals surface area contributed by atoms with Crippen LogP contribution in [-0.4, -0.2) is 13.7 Å². The van der Waals surface area contributed by atoms with Crippen LogP contribution in [0.3, 0.4) is 0 Å². The fourth-order valence-corrected chi connectivity index (χ4v) is 3.14. The van der Waals surface area contributed by atoms with Crippen LogP contribution in [0.1, 0.15) is 17.2 Å². The number of methoxy groups -OCH3 is 1. The van der Waals surface area contributed by atoms with Crippen LogP contribution < -0.4 is 20.9 Å². The monoisotopic (exact) mass is 428 g/mol. The van der Waals surface area contributed by atoms with E-state index in [1.165, 1.54) is 0 Å². The summed E-state index contributed by atoms with van der Waals surface area (Å²) in [7, 11) is 1.60. The Hall–Kier alpha value is -1.08. The highest BCUT2D eigenvalue weighted by Crippen LogP contribution is 2.44. The Kier molecular flexibility index (Phi) is 6.26. The van der Waals surface area contributed by atoms with E-state index in [-0.39, 0.29) is 6.04 Å². The number of halogens is 2. The first-order valence-electron chi connectivity index (χ1n) is 6.76. The van der Waals surface area contributed by atoms with Crippen molar-refractivity contribution in [2.75, 3.05) is 13.7 Å². The summed E-state index contributed by atoms with van der Waals surface area (Å²) in [6.07, 6.45) is 0. The first-order chi connectivity index (χ1) is 10.6. The van der Waals surface area contributed by atoms with E-state index in [0.29, 0.717) is 24.7 Å². The molecule has 0 fully saturated rings. The predicted molar refractivity (Wildman–Crippen MR) is 95.2 cm³/mol. The third kappa shape index (κ3) is 3.81. The first kappa shape index (κ1) is 17.3. The van der Waals surface area contributed by atoms with Crippen molar-refractivity contribution < 1.29 is 9.47 Å². The lowest BCUT2D eigenvalue weighted by Crippen LogP contribution is -2.21. The molecule has 4 nitrogen and oxygen atoms in total. The molecule has 1 unspecified atom stereocenters. The molecule has 0 bridgehead atoms. The molecule has 0 aromatic heterocycles. The van der Waals surface area contributed by atoms with E-state index in [1.54, 1.807) is 7.11 Å². The summed E-state index contributed by atoms with van der Waals surface area (Å²) in [5.41, 5.74) is 13.6. The van der Waals surface area contributed by atoms with Crippen molar-refractivity contribution in [3.05, 3.63) is 56.5 Å². The fourth-order valence-electron chi connectivity index (χ4n) is 2.02. The summed E-state index contributed by atoms with van der Waals surface area (Å²) >= 11 is 7.09. The van der Waals surface area contributed by atoms with Gasteiger partial charge in [0.05, 0.1) is 11.6 Å². The van der Waals surface area contributed by atoms with Crippen molar-refractivity contribution in [3.8, 4) is 11.5 Å². The number of ether oxygens (including phenoxy) is 2. The van der Waals surface area contributed by atoms with Crippen LogP contribution >= 0.6 is 31.9 Å². The van der Waals surface area contributed by atoms with Crippen molar-refractivity contribution in [2.24, 2.45) is 11.5 Å². The average molecular weight is 430 g/mol. The van der Waals surface area contributed by atoms with Gasteiger partial charge in [-0.2, -0.15) is 0 Å². The molecule has 0 saturated carbocycles. The minimum Gasteiger partial charge on any atom is -0.493 e. The van der Waals surface area contributed by atoms with E-state index in [0.717, 1.165) is 20.1 Å². The summed E-state index contributed by atoms with van der Waals surface area (Å²) in [4.78, 5) is 0. The van der Waals surface area contributed by atoms with Crippen LogP contribution in [0.25, 0.3) is 0 Å². The molecule has 0 aliphatic rings. The SMILES string of the molecule is COc1cc(C(N)CN)c(Br)c(Br)c1OCc1ccccc1. The molecule has 4 N–H and O–H groups in total. The number of rotatable bonds is 6. The Labute approximate surface area is 147 Å². The molecular weight excluding hydrogens is 412 g/mol. The Morgan fingerprint density at radius 1 is 1.14 bits per heavy atom. The van der Waals surface area contributed by atoms with Crippen molar-refractivity contribution in [1.82, 2.24) is 0 Å². The first-order valence-corrected chi connectivity index (χ1v) is 8.35. The van der Waals surface area contributed by atoms with Gasteiger partial charge in [-0.25, -0.2) is 0 Å². The second kappa shape index (κ2) is 7.97. The summed E-state index contributed by atoms with van der Waals surface area (Å²) in [5.74, 6) is 1.25. The molecule has 0 spiro atoms. The summed E-state index contributed by atoms with van der Waals surface area (Å²) in [5, 5.41) is 0. The number of hydrogen-bond donors (Lipinski definition) is 2. The van der Waals surface area contributed by atoms with Gasteiger partial charge >= 0.3 is 0 Å². The smallest absolute Gasteiger partial charge is 0.176 e. The molecule has 0 amide bonds. The normalized spacial score (nSPS) is 12.0. The van der Waals surface area contributed by atoms with Gasteiger partial charge in [-0.05, 0) is 49.1 Å². The number of hydrogen-bond acceptors (Lipinski definition) is 4. The zero-order chi connectivity index (χ0) is 16.1. The summed E-state index contributed by atoms with van der Waals surface area (Å²) < 4.78 is 12.9. The molecule has 6 heteroatoms. The van der Waals surface area contributed by atoms with E-state index >= 15 is 0 Å². The van der Waals surface area contributed by atoms with Crippen LogP contribution in [0, 0.1) is 0 Å². The lowest BCUT2D eigenvalue weighted by Gasteiger charge is -2.19. The maximum Gasteiger partial charge on any atom is 0.176 e. The Bertz CT molecular complexity index is 636. The molecule has 22 heavy (non-hydrogen) atoms. The van der Waals surface area contributed by atoms with Crippen molar-refractivity contribution in [1.29, 1.82) is 0 Å². The highest BCUT2D eigenvalue weighted by Gasteiger charge is 2.20. The van der Waals surface area contributed by atoms with E-state index in [9.17, 15) is 0 Å². The second-order valence-corrected chi connectivity index (χ2v) is 6.33. The minimum absolute atomic E-state index is 0.275. The topological polar surface area (TPSA) is 70.5 Å². The second-order valence-electron chi connectivity index (χ2n) is 4.74. The zero-order valence-electron chi connectivity index (χ0n) is 12.2. The van der Waals surface area contributed by atoms with Crippen LogP contribution in [-0.2, 0) is 6.61 Å². The Balaban J connectivity index is 2.32. The lowest BCUT2D eigenvalue weighted by molar-refractivity contribution is 0.282. The third-order valence-electron chi connectivity index (χ3n) is 3.26. The highest BCUT2D eigenvalue weighted by molar-refractivity contribution is 9.13. The molecule has 0 heterocycles. The van der Waals surface area contributed by atoms with Crippen LogP contribution in [0.2, 0.25) is 0 Å². The van der Waals surface area contributed by atoms with Gasteiger partial charge in [-0.3, -0.25) is 0 Å². The van der Waals surface area contributed by atoms with Crippen molar-refractivity contribution >= 4 is 31.9 Å². The molecule has 0 aliphatic heterocycles. The van der Waals surface area contributed by atoms with E-state index in [1.807, 2.05) is 36.4 Å². The summed E-state index contributed by atoms with van der Waals surface area (Å²) in [6.45, 7) is 0.795. The van der Waals surface area contributed by atoms with Crippen LogP contribution in [0.5, 0.6) is 11.5 Å². The van der Waals surface area contributed by atoms with Gasteiger partial charge in [0.15, 0.2) is 11.5 Å². The van der Waals surface area contributed by atoms with Gasteiger partial charge in [-0.15, -0.1) is 0 Å². The Morgan fingerprint density at radius 3 is 2.41 bits per heavy atom. The fraction of sp³-hybridized carbons (Fsp3) is 0.250. The molecule has 118 valence electrons. The molecule has 2 rings (SSSR count). The number of nitrogens with two attached hydrogens (primary N) is 2. The highest BCUT2D eigenvalue weighted by atomic mass is 79.9. The van der Waals surface area contributed by atoms with Gasteiger partial charge in [0.1, 0.15) is 6.61 Å². The van der Waals surface area contributed by atoms with Crippen LogP contribution in [0.15, 0.2) is 45.3 Å². The van der Waals surface area contributed by atoms with E-state index in [4.69, 9.17) is 20.9 Å². The third-order valence-corrected chi connectivity index (χ3v) is 5.40. The van der Waals surface area contributed by atoms with Crippen LogP contribution in [0.4, 0.5) is 0 Å². The average Bonchev–Trinajstić information content (AvgIpc) is 2.56. The summed E-state index contributed by atoms with van der Waals surface area (Å²) in [6, 6.07) is 11.5. The molecule has 2 aromatic carbocycles. The van der Waals surface area contributed by atoms with Gasteiger partial charge in [0, 0.05) is 17.1 Å². The van der Waals surface area contributed by atoms with Crippen molar-refractivity contribution in [3.63, 3.8) is 0 Å². The maximum absolute atomic E-state index is 6.03. The molecule has 2 aromatic rings. The largest absolute Gasteiger partial charge is 0.493 e. The number of benzene rings is 2. The van der Waals surface area contributed by atoms with Gasteiger partial charge < -0.3 is 20.9 Å². The quantitative estimate of drug-likeness (QED) is 0.733. The molecule has 0 saturated heterocycles. The molecular formula is C16H18Br2N2O2. The zero-order valence-corrected chi connectivity index (χ0v) is 15.4. The van der Waals surface area contributed by atoms with E-state index < -0.39 is 0 Å². The van der Waals surface area contributed by atoms with Gasteiger partial charge in [-0.1, -0.05) is 30.3 Å². The maximum atomic E-state index is 6.03. The van der Waals surface area contributed by atoms with Crippen molar-refractivity contribution in [2.45, 2.75) is 12.6 Å². The standard InChI is InChI=1S/C16H18Br2N2O2/c1-21-13-7-11(12(20)8-19)14(17)15(18)16(13)22-9-10-5-3-2-4-6-10/h2-7,12H,8-9,19-20H2,1H3. The van der Waals surface area contributed by atoms with Gasteiger partial charge in [0.2, 0.25) is 0 Å². The predicted octanol–water partition coefficient (Wildman–Crippen LogP) is 3.76. The Morgan fingerprint density at radius 2 is 1.82 bits per heavy atom. The molecule has 0 aliphatic carbocycles. The van der Waals surface area contributed by atoms with Gasteiger partial charge in [0.25, 0.3) is 0 Å². The molecule has 1 atom stereocenters.